The first kappa shape index (κ1) is 20.0. The van der Waals surface area contributed by atoms with Crippen LogP contribution in [0.2, 0.25) is 0 Å². The van der Waals surface area contributed by atoms with Crippen LogP contribution in [-0.4, -0.2) is 31.1 Å². The van der Waals surface area contributed by atoms with Crippen LogP contribution in [0.3, 0.4) is 0 Å². The molecule has 1 aromatic carbocycles. The van der Waals surface area contributed by atoms with Crippen LogP contribution in [0.1, 0.15) is 23.0 Å². The first-order valence-electron chi connectivity index (χ1n) is 7.63. The number of furan rings is 1. The van der Waals surface area contributed by atoms with Crippen LogP contribution in [0.4, 0.5) is 18.0 Å². The van der Waals surface area contributed by atoms with E-state index in [4.69, 9.17) is 9.15 Å². The molecule has 144 valence electrons. The summed E-state index contributed by atoms with van der Waals surface area (Å²) in [5.74, 6) is -2.14. The first-order chi connectivity index (χ1) is 12.6. The van der Waals surface area contributed by atoms with E-state index in [2.05, 4.69) is 5.32 Å². The van der Waals surface area contributed by atoms with Gasteiger partial charge in [0.15, 0.2) is 6.10 Å². The number of alkyl halides is 3. The van der Waals surface area contributed by atoms with E-state index in [1.807, 2.05) is 5.32 Å². The van der Waals surface area contributed by atoms with Crippen molar-refractivity contribution in [3.63, 3.8) is 0 Å². The smallest absolute Gasteiger partial charge is 0.416 e. The maximum Gasteiger partial charge on any atom is 0.416 e. The molecule has 2 N–H and O–H groups in total. The second-order valence-corrected chi connectivity index (χ2v) is 5.36. The fourth-order valence-electron chi connectivity index (χ4n) is 2.00. The van der Waals surface area contributed by atoms with E-state index in [1.165, 1.54) is 38.2 Å². The van der Waals surface area contributed by atoms with E-state index in [1.54, 1.807) is 0 Å². The normalized spacial score (nSPS) is 12.2. The number of carbonyl (C=O) groups excluding carboxylic acids is 3. The van der Waals surface area contributed by atoms with Gasteiger partial charge in [-0.05, 0) is 31.2 Å². The molecule has 2 rings (SSSR count). The summed E-state index contributed by atoms with van der Waals surface area (Å²) >= 11 is 0. The summed E-state index contributed by atoms with van der Waals surface area (Å²) in [7, 11) is 1.30. The van der Waals surface area contributed by atoms with E-state index in [0.29, 0.717) is 0 Å². The zero-order chi connectivity index (χ0) is 20.2. The minimum absolute atomic E-state index is 0.0236. The number of hydrogen-bond donors (Lipinski definition) is 2. The molecule has 0 saturated carbocycles. The monoisotopic (exact) mass is 384 g/mol. The lowest BCUT2D eigenvalue weighted by molar-refractivity contribution is -0.137. The van der Waals surface area contributed by atoms with E-state index in [0.717, 1.165) is 12.1 Å². The van der Waals surface area contributed by atoms with E-state index in [9.17, 15) is 27.6 Å². The summed E-state index contributed by atoms with van der Waals surface area (Å²) in [5, 5.41) is 4.10. The summed E-state index contributed by atoms with van der Waals surface area (Å²) in [5.41, 5.74) is -0.741. The summed E-state index contributed by atoms with van der Waals surface area (Å²) in [6, 6.07) is 6.14. The molecule has 0 aliphatic carbocycles. The number of amides is 3. The Labute approximate surface area is 151 Å². The van der Waals surface area contributed by atoms with Crippen LogP contribution >= 0.6 is 0 Å². The molecule has 0 aliphatic heterocycles. The lowest BCUT2D eigenvalue weighted by Gasteiger charge is -2.11. The van der Waals surface area contributed by atoms with Crippen LogP contribution in [0.25, 0.3) is 11.3 Å². The molecule has 0 radical (unpaired) electrons. The van der Waals surface area contributed by atoms with E-state index >= 15 is 0 Å². The number of rotatable bonds is 4. The van der Waals surface area contributed by atoms with Crippen molar-refractivity contribution in [2.45, 2.75) is 19.2 Å². The van der Waals surface area contributed by atoms with Crippen molar-refractivity contribution in [3.8, 4) is 11.3 Å². The third-order valence-electron chi connectivity index (χ3n) is 3.40. The van der Waals surface area contributed by atoms with Crippen LogP contribution in [-0.2, 0) is 15.7 Å². The van der Waals surface area contributed by atoms with Crippen molar-refractivity contribution in [1.29, 1.82) is 0 Å². The molecule has 3 amide bonds. The molecule has 1 atom stereocenters. The van der Waals surface area contributed by atoms with Crippen molar-refractivity contribution in [3.05, 3.63) is 47.7 Å². The molecule has 10 heteroatoms. The van der Waals surface area contributed by atoms with Crippen LogP contribution in [0.15, 0.2) is 40.8 Å². The minimum Gasteiger partial charge on any atom is -0.449 e. The van der Waals surface area contributed by atoms with Gasteiger partial charge < -0.3 is 14.5 Å². The molecule has 1 aromatic heterocycles. The maximum atomic E-state index is 12.8. The lowest BCUT2D eigenvalue weighted by atomic mass is 10.1. The summed E-state index contributed by atoms with van der Waals surface area (Å²) in [6.45, 7) is 1.24. The highest BCUT2D eigenvalue weighted by atomic mass is 19.4. The average molecular weight is 384 g/mol. The Hall–Kier alpha value is -3.30. The van der Waals surface area contributed by atoms with Gasteiger partial charge in [0.25, 0.3) is 5.91 Å². The highest BCUT2D eigenvalue weighted by Gasteiger charge is 2.30. The standard InChI is InChI=1S/C17H15F3N2O5/c1-9(14(23)22-16(25)21-2)26-15(24)13-7-6-12(27-13)10-4-3-5-11(8-10)17(18,19)20/h3-9H,1-2H3,(H2,21,22,23,25)/t9-/m1/s1. The van der Waals surface area contributed by atoms with Gasteiger partial charge >= 0.3 is 18.2 Å². The van der Waals surface area contributed by atoms with Gasteiger partial charge in [-0.1, -0.05) is 12.1 Å². The van der Waals surface area contributed by atoms with Crippen LogP contribution in [0.5, 0.6) is 0 Å². The quantitative estimate of drug-likeness (QED) is 0.790. The van der Waals surface area contributed by atoms with Gasteiger partial charge in [-0.25, -0.2) is 9.59 Å². The van der Waals surface area contributed by atoms with Crippen LogP contribution in [0, 0.1) is 0 Å². The maximum absolute atomic E-state index is 12.8. The Morgan fingerprint density at radius 2 is 1.85 bits per heavy atom. The van der Waals surface area contributed by atoms with Gasteiger partial charge in [0.05, 0.1) is 5.56 Å². The molecule has 0 saturated heterocycles. The van der Waals surface area contributed by atoms with Gasteiger partial charge in [-0.3, -0.25) is 10.1 Å². The Kier molecular flexibility index (Phi) is 5.88. The second-order valence-electron chi connectivity index (χ2n) is 5.36. The van der Waals surface area contributed by atoms with Crippen molar-refractivity contribution in [2.75, 3.05) is 7.05 Å². The topological polar surface area (TPSA) is 97.6 Å². The fourth-order valence-corrected chi connectivity index (χ4v) is 2.00. The van der Waals surface area contributed by atoms with Crippen LogP contribution < -0.4 is 10.6 Å². The Morgan fingerprint density at radius 3 is 2.48 bits per heavy atom. The number of urea groups is 1. The molecular formula is C17H15F3N2O5. The SMILES string of the molecule is CNC(=O)NC(=O)[C@@H](C)OC(=O)c1ccc(-c2cccc(C(F)(F)F)c2)o1. The third-order valence-corrected chi connectivity index (χ3v) is 3.40. The summed E-state index contributed by atoms with van der Waals surface area (Å²) in [4.78, 5) is 34.7. The Morgan fingerprint density at radius 1 is 1.15 bits per heavy atom. The number of ether oxygens (including phenoxy) is 1. The van der Waals surface area contributed by atoms with Crippen molar-refractivity contribution < 1.29 is 36.7 Å². The van der Waals surface area contributed by atoms with E-state index < -0.39 is 35.8 Å². The largest absolute Gasteiger partial charge is 0.449 e. The van der Waals surface area contributed by atoms with Gasteiger partial charge in [-0.15, -0.1) is 0 Å². The van der Waals surface area contributed by atoms with Gasteiger partial charge in [0, 0.05) is 12.6 Å². The number of benzene rings is 1. The molecule has 7 nitrogen and oxygen atoms in total. The Balaban J connectivity index is 2.10. The predicted octanol–water partition coefficient (Wildman–Crippen LogP) is 2.97. The molecular weight excluding hydrogens is 369 g/mol. The number of imide groups is 1. The van der Waals surface area contributed by atoms with E-state index in [-0.39, 0.29) is 17.1 Å². The van der Waals surface area contributed by atoms with Gasteiger partial charge in [0.1, 0.15) is 5.76 Å². The minimum atomic E-state index is -4.52. The zero-order valence-electron chi connectivity index (χ0n) is 14.2. The highest BCUT2D eigenvalue weighted by Crippen LogP contribution is 2.32. The molecule has 0 bridgehead atoms. The number of halogens is 3. The third kappa shape index (κ3) is 5.09. The molecule has 0 fully saturated rings. The number of hydrogen-bond acceptors (Lipinski definition) is 5. The average Bonchev–Trinajstić information content (AvgIpc) is 3.11. The first-order valence-corrected chi connectivity index (χ1v) is 7.63. The molecule has 0 aliphatic rings. The fraction of sp³-hybridized carbons (Fsp3) is 0.235. The molecule has 2 aromatic rings. The Bertz CT molecular complexity index is 860. The summed E-state index contributed by atoms with van der Waals surface area (Å²) < 4.78 is 48.4. The van der Waals surface area contributed by atoms with Crippen molar-refractivity contribution in [2.24, 2.45) is 0 Å². The number of esters is 1. The second kappa shape index (κ2) is 7.94. The molecule has 0 unspecified atom stereocenters. The zero-order valence-corrected chi connectivity index (χ0v) is 14.2. The summed E-state index contributed by atoms with van der Waals surface area (Å²) in [6.07, 6.45) is -5.81. The van der Waals surface area contributed by atoms with Crippen molar-refractivity contribution >= 4 is 17.9 Å². The van der Waals surface area contributed by atoms with Gasteiger partial charge in [-0.2, -0.15) is 13.2 Å². The van der Waals surface area contributed by atoms with Crippen molar-refractivity contribution in [1.82, 2.24) is 10.6 Å². The molecule has 27 heavy (non-hydrogen) atoms. The number of nitrogens with one attached hydrogen (secondary N) is 2. The number of carbonyl (C=O) groups is 3. The molecule has 1 heterocycles. The molecule has 0 spiro atoms. The predicted molar refractivity (Wildman–Crippen MR) is 86.6 cm³/mol. The lowest BCUT2D eigenvalue weighted by Crippen LogP contribution is -2.43. The van der Waals surface area contributed by atoms with Gasteiger partial charge in [0.2, 0.25) is 5.76 Å². The highest BCUT2D eigenvalue weighted by molar-refractivity contribution is 5.98.